The first kappa shape index (κ1) is 21.5. The number of halogens is 2. The summed E-state index contributed by atoms with van der Waals surface area (Å²) in [6.45, 7) is 1.65. The van der Waals surface area contributed by atoms with E-state index in [4.69, 9.17) is 0 Å². The second kappa shape index (κ2) is 9.15. The third-order valence-electron chi connectivity index (χ3n) is 4.84. The van der Waals surface area contributed by atoms with E-state index in [1.165, 1.54) is 28.9 Å². The number of amides is 1. The van der Waals surface area contributed by atoms with E-state index in [0.29, 0.717) is 32.7 Å². The van der Waals surface area contributed by atoms with Crippen molar-refractivity contribution in [2.24, 2.45) is 5.10 Å². The first-order chi connectivity index (χ1) is 15.5. The van der Waals surface area contributed by atoms with Crippen molar-refractivity contribution in [1.82, 2.24) is 15.2 Å². The van der Waals surface area contributed by atoms with Gasteiger partial charge in [0.1, 0.15) is 5.82 Å². The van der Waals surface area contributed by atoms with Crippen molar-refractivity contribution in [1.29, 1.82) is 0 Å². The van der Waals surface area contributed by atoms with E-state index >= 15 is 0 Å². The number of rotatable bonds is 5. The fourth-order valence-corrected chi connectivity index (χ4v) is 3.72. The van der Waals surface area contributed by atoms with Crippen molar-refractivity contribution in [2.45, 2.75) is 6.92 Å². The van der Waals surface area contributed by atoms with E-state index in [1.807, 2.05) is 30.3 Å². The lowest BCUT2D eigenvalue weighted by Crippen LogP contribution is -2.23. The second-order valence-corrected chi connectivity index (χ2v) is 7.82. The van der Waals surface area contributed by atoms with E-state index in [0.717, 1.165) is 5.56 Å². The summed E-state index contributed by atoms with van der Waals surface area (Å²) in [5.74, 6) is -0.808. The number of hydrogen-bond donors (Lipinski definition) is 2. The van der Waals surface area contributed by atoms with Crippen molar-refractivity contribution in [3.8, 4) is 16.9 Å². The highest BCUT2D eigenvalue weighted by Crippen LogP contribution is 2.21. The molecule has 1 heterocycles. The summed E-state index contributed by atoms with van der Waals surface area (Å²) in [6, 6.07) is 21.8. The zero-order valence-electron chi connectivity index (χ0n) is 17.0. The summed E-state index contributed by atoms with van der Waals surface area (Å²) in [4.78, 5) is 25.8. The van der Waals surface area contributed by atoms with Gasteiger partial charge in [-0.3, -0.25) is 14.7 Å². The van der Waals surface area contributed by atoms with Crippen LogP contribution in [0.25, 0.3) is 16.9 Å². The van der Waals surface area contributed by atoms with Crippen LogP contribution in [0.5, 0.6) is 0 Å². The Morgan fingerprint density at radius 1 is 1.00 bits per heavy atom. The highest BCUT2D eigenvalue weighted by atomic mass is 79.9. The molecule has 0 radical (unpaired) electrons. The van der Waals surface area contributed by atoms with E-state index in [2.05, 4.69) is 31.6 Å². The molecule has 160 valence electrons. The van der Waals surface area contributed by atoms with Crippen LogP contribution < -0.4 is 11.0 Å². The number of aromatic nitrogens is 2. The number of nitrogens with zero attached hydrogens (tertiary/aromatic N) is 2. The van der Waals surface area contributed by atoms with Crippen molar-refractivity contribution in [3.05, 3.63) is 111 Å². The molecule has 4 aromatic rings. The molecule has 8 heteroatoms. The molecule has 0 saturated carbocycles. The first-order valence-corrected chi connectivity index (χ1v) is 10.5. The number of aromatic amines is 1. The maximum atomic E-state index is 13.4. The number of nitrogens with one attached hydrogen (secondary N) is 2. The van der Waals surface area contributed by atoms with Crippen LogP contribution in [0.4, 0.5) is 4.39 Å². The molecule has 0 aliphatic rings. The van der Waals surface area contributed by atoms with Crippen LogP contribution >= 0.6 is 15.9 Å². The summed E-state index contributed by atoms with van der Waals surface area (Å²) < 4.78 is 15.3. The minimum absolute atomic E-state index is 0.299. The van der Waals surface area contributed by atoms with Gasteiger partial charge in [0.25, 0.3) is 11.5 Å². The average molecular weight is 493 g/mol. The van der Waals surface area contributed by atoms with E-state index in [1.54, 1.807) is 31.2 Å². The molecular formula is C24H18BrFN4O2. The standard InChI is InChI=1S/C24H18BrFN4O2/c1-15(27-28-23(31)19-9-5-6-10-20(19)25)21-22(16-7-3-2-4-8-16)29-30(24(21)32)18-13-11-17(26)12-14-18/h2-14,29H,1H3,(H,28,31)/b27-15+. The van der Waals surface area contributed by atoms with Crippen LogP contribution in [0.15, 0.2) is 93.2 Å². The minimum Gasteiger partial charge on any atom is -0.290 e. The molecule has 32 heavy (non-hydrogen) atoms. The molecule has 1 amide bonds. The van der Waals surface area contributed by atoms with Crippen molar-refractivity contribution >= 4 is 27.5 Å². The average Bonchev–Trinajstić information content (AvgIpc) is 3.16. The van der Waals surface area contributed by atoms with Crippen LogP contribution in [0.2, 0.25) is 0 Å². The van der Waals surface area contributed by atoms with Gasteiger partial charge in [0.05, 0.1) is 28.2 Å². The summed E-state index contributed by atoms with van der Waals surface area (Å²) in [7, 11) is 0. The van der Waals surface area contributed by atoms with E-state index in [9.17, 15) is 14.0 Å². The van der Waals surface area contributed by atoms with Gasteiger partial charge in [0.2, 0.25) is 0 Å². The third kappa shape index (κ3) is 4.31. The summed E-state index contributed by atoms with van der Waals surface area (Å²) in [5, 5.41) is 7.28. The fraction of sp³-hybridized carbons (Fsp3) is 0.0417. The summed E-state index contributed by atoms with van der Waals surface area (Å²) >= 11 is 3.34. The Labute approximate surface area is 191 Å². The molecule has 0 unspecified atom stereocenters. The molecule has 0 saturated heterocycles. The zero-order valence-corrected chi connectivity index (χ0v) is 18.6. The number of H-pyrrole nitrogens is 1. The van der Waals surface area contributed by atoms with Crippen LogP contribution in [-0.4, -0.2) is 21.4 Å². The van der Waals surface area contributed by atoms with Gasteiger partial charge in [-0.25, -0.2) is 14.5 Å². The Kier molecular flexibility index (Phi) is 6.13. The Balaban J connectivity index is 1.77. The number of hydrogen-bond acceptors (Lipinski definition) is 3. The molecular weight excluding hydrogens is 475 g/mol. The predicted molar refractivity (Wildman–Crippen MR) is 126 cm³/mol. The highest BCUT2D eigenvalue weighted by molar-refractivity contribution is 9.10. The maximum Gasteiger partial charge on any atom is 0.281 e. The number of benzene rings is 3. The van der Waals surface area contributed by atoms with Crippen LogP contribution in [0.1, 0.15) is 22.8 Å². The van der Waals surface area contributed by atoms with E-state index < -0.39 is 11.7 Å². The van der Waals surface area contributed by atoms with Crippen LogP contribution in [0, 0.1) is 5.82 Å². The monoisotopic (exact) mass is 492 g/mol. The zero-order chi connectivity index (χ0) is 22.7. The lowest BCUT2D eigenvalue weighted by molar-refractivity contribution is 0.0954. The quantitative estimate of drug-likeness (QED) is 0.307. The van der Waals surface area contributed by atoms with Crippen molar-refractivity contribution in [2.75, 3.05) is 0 Å². The highest BCUT2D eigenvalue weighted by Gasteiger charge is 2.20. The number of carbonyl (C=O) groups is 1. The van der Waals surface area contributed by atoms with Crippen molar-refractivity contribution in [3.63, 3.8) is 0 Å². The van der Waals surface area contributed by atoms with Crippen LogP contribution in [-0.2, 0) is 0 Å². The van der Waals surface area contributed by atoms with Gasteiger partial charge < -0.3 is 0 Å². The normalized spacial score (nSPS) is 11.4. The van der Waals surface area contributed by atoms with Gasteiger partial charge >= 0.3 is 0 Å². The minimum atomic E-state index is -0.410. The first-order valence-electron chi connectivity index (χ1n) is 9.71. The van der Waals surface area contributed by atoms with Crippen molar-refractivity contribution < 1.29 is 9.18 Å². The summed E-state index contributed by atoms with van der Waals surface area (Å²) in [5.41, 5.74) is 4.97. The molecule has 0 aliphatic carbocycles. The Hall–Kier alpha value is -3.78. The SMILES string of the molecule is C/C(=N\NC(=O)c1ccccc1Br)c1c(-c2ccccc2)[nH]n(-c2ccc(F)cc2)c1=O. The van der Waals surface area contributed by atoms with E-state index in [-0.39, 0.29) is 5.56 Å². The van der Waals surface area contributed by atoms with Crippen LogP contribution in [0.3, 0.4) is 0 Å². The Morgan fingerprint density at radius 2 is 1.66 bits per heavy atom. The summed E-state index contributed by atoms with van der Waals surface area (Å²) in [6.07, 6.45) is 0. The predicted octanol–water partition coefficient (Wildman–Crippen LogP) is 4.89. The van der Waals surface area contributed by atoms with Gasteiger partial charge in [-0.2, -0.15) is 5.10 Å². The van der Waals surface area contributed by atoms with Gasteiger partial charge in [0, 0.05) is 10.0 Å². The molecule has 0 bridgehead atoms. The van der Waals surface area contributed by atoms with Gasteiger partial charge in [0.15, 0.2) is 0 Å². The van der Waals surface area contributed by atoms with Gasteiger partial charge in [-0.1, -0.05) is 42.5 Å². The molecule has 0 spiro atoms. The number of hydrazone groups is 1. The molecule has 0 aliphatic heterocycles. The second-order valence-electron chi connectivity index (χ2n) is 6.96. The molecule has 2 N–H and O–H groups in total. The smallest absolute Gasteiger partial charge is 0.281 e. The van der Waals surface area contributed by atoms with Gasteiger partial charge in [-0.05, 0) is 59.3 Å². The maximum absolute atomic E-state index is 13.4. The fourth-order valence-electron chi connectivity index (χ4n) is 3.25. The largest absolute Gasteiger partial charge is 0.290 e. The Bertz CT molecular complexity index is 1360. The number of carbonyl (C=O) groups excluding carboxylic acids is 1. The Morgan fingerprint density at radius 3 is 2.34 bits per heavy atom. The molecule has 3 aromatic carbocycles. The molecule has 0 fully saturated rings. The lowest BCUT2D eigenvalue weighted by atomic mass is 10.1. The lowest BCUT2D eigenvalue weighted by Gasteiger charge is -2.05. The molecule has 1 aromatic heterocycles. The molecule has 4 rings (SSSR count). The molecule has 0 atom stereocenters. The molecule has 6 nitrogen and oxygen atoms in total. The van der Waals surface area contributed by atoms with Gasteiger partial charge in [-0.15, -0.1) is 0 Å². The topological polar surface area (TPSA) is 79.2 Å². The third-order valence-corrected chi connectivity index (χ3v) is 5.53.